The average molecular weight is 415 g/mol. The van der Waals surface area contributed by atoms with Gasteiger partial charge >= 0.3 is 0 Å². The van der Waals surface area contributed by atoms with Gasteiger partial charge in [-0.2, -0.15) is 4.31 Å². The number of sulfonamides is 1. The predicted molar refractivity (Wildman–Crippen MR) is 111 cm³/mol. The van der Waals surface area contributed by atoms with Crippen LogP contribution >= 0.6 is 0 Å². The van der Waals surface area contributed by atoms with Crippen molar-refractivity contribution in [1.29, 1.82) is 0 Å². The highest BCUT2D eigenvalue weighted by molar-refractivity contribution is 7.89. The van der Waals surface area contributed by atoms with Gasteiger partial charge in [0.15, 0.2) is 0 Å². The fourth-order valence-corrected chi connectivity index (χ4v) is 5.47. The molecule has 154 valence electrons. The lowest BCUT2D eigenvalue weighted by molar-refractivity contribution is 0.0746. The quantitative estimate of drug-likeness (QED) is 0.767. The van der Waals surface area contributed by atoms with Crippen molar-refractivity contribution in [3.8, 4) is 0 Å². The highest BCUT2D eigenvalue weighted by atomic mass is 32.2. The topological polar surface area (TPSA) is 73.8 Å². The summed E-state index contributed by atoms with van der Waals surface area (Å²) in [5.74, 6) is 0.788. The van der Waals surface area contributed by atoms with Crippen molar-refractivity contribution in [2.24, 2.45) is 0 Å². The van der Waals surface area contributed by atoms with E-state index in [1.165, 1.54) is 10.4 Å². The molecule has 4 rings (SSSR count). The number of anilines is 1. The molecule has 0 aliphatic carbocycles. The highest BCUT2D eigenvalue weighted by Crippen LogP contribution is 2.22. The van der Waals surface area contributed by atoms with E-state index in [1.54, 1.807) is 29.3 Å². The fourth-order valence-electron chi connectivity index (χ4n) is 3.91. The van der Waals surface area contributed by atoms with E-state index in [0.717, 1.165) is 25.1 Å². The summed E-state index contributed by atoms with van der Waals surface area (Å²) < 4.78 is 27.4. The number of nitrogens with zero attached hydrogens (tertiary/aromatic N) is 4. The first-order valence-electron chi connectivity index (χ1n) is 10.1. The van der Waals surface area contributed by atoms with E-state index in [-0.39, 0.29) is 10.8 Å². The standard InChI is InChI=1S/C21H26N4O3S/c26-21(24-15-13-23(14-16-24)20-9-2-3-10-22-20)18-7-6-8-19(17-18)29(27,28)25-11-4-1-5-12-25/h2-3,6-10,17H,1,4-5,11-16H2. The average Bonchev–Trinajstić information content (AvgIpc) is 2.80. The van der Waals surface area contributed by atoms with Crippen molar-refractivity contribution >= 4 is 21.7 Å². The van der Waals surface area contributed by atoms with Gasteiger partial charge in [-0.25, -0.2) is 13.4 Å². The van der Waals surface area contributed by atoms with Gasteiger partial charge < -0.3 is 9.80 Å². The number of carbonyl (C=O) groups excluding carboxylic acids is 1. The van der Waals surface area contributed by atoms with Crippen molar-refractivity contribution in [2.45, 2.75) is 24.2 Å². The monoisotopic (exact) mass is 414 g/mol. The van der Waals surface area contributed by atoms with Crippen LogP contribution < -0.4 is 4.90 Å². The van der Waals surface area contributed by atoms with Gasteiger partial charge in [0, 0.05) is 51.0 Å². The summed E-state index contributed by atoms with van der Waals surface area (Å²) in [6.07, 6.45) is 4.60. The first kappa shape index (κ1) is 19.8. The van der Waals surface area contributed by atoms with E-state index in [1.807, 2.05) is 18.2 Å². The van der Waals surface area contributed by atoms with Crippen molar-refractivity contribution < 1.29 is 13.2 Å². The third kappa shape index (κ3) is 4.28. The van der Waals surface area contributed by atoms with Crippen molar-refractivity contribution in [3.05, 3.63) is 54.2 Å². The number of hydrogen-bond donors (Lipinski definition) is 0. The zero-order valence-corrected chi connectivity index (χ0v) is 17.2. The SMILES string of the molecule is O=C(c1cccc(S(=O)(=O)N2CCCCC2)c1)N1CCN(c2ccccn2)CC1. The second-order valence-corrected chi connectivity index (χ2v) is 9.40. The van der Waals surface area contributed by atoms with Gasteiger partial charge in [0.05, 0.1) is 4.90 Å². The zero-order valence-electron chi connectivity index (χ0n) is 16.4. The smallest absolute Gasteiger partial charge is 0.254 e. The van der Waals surface area contributed by atoms with Gasteiger partial charge in [0.25, 0.3) is 5.91 Å². The summed E-state index contributed by atoms with van der Waals surface area (Å²) in [5.41, 5.74) is 0.425. The number of hydrogen-bond acceptors (Lipinski definition) is 5. The summed E-state index contributed by atoms with van der Waals surface area (Å²) in [6, 6.07) is 12.3. The number of piperazine rings is 1. The second kappa shape index (κ2) is 8.51. The molecule has 0 atom stereocenters. The summed E-state index contributed by atoms with van der Waals surface area (Å²) in [7, 11) is -3.55. The third-order valence-corrected chi connectivity index (χ3v) is 7.47. The molecule has 0 unspecified atom stereocenters. The lowest BCUT2D eigenvalue weighted by atomic mass is 10.2. The van der Waals surface area contributed by atoms with E-state index < -0.39 is 10.0 Å². The minimum atomic E-state index is -3.55. The van der Waals surface area contributed by atoms with Crippen LogP contribution in [0.3, 0.4) is 0 Å². The van der Waals surface area contributed by atoms with Crippen LogP contribution in [0.5, 0.6) is 0 Å². The molecule has 2 aliphatic heterocycles. The Morgan fingerprint density at radius 1 is 0.862 bits per heavy atom. The lowest BCUT2D eigenvalue weighted by Gasteiger charge is -2.35. The first-order chi connectivity index (χ1) is 14.1. The Kier molecular flexibility index (Phi) is 5.82. The minimum absolute atomic E-state index is 0.124. The molecule has 1 aromatic heterocycles. The largest absolute Gasteiger partial charge is 0.353 e. The molecule has 0 N–H and O–H groups in total. The Hall–Kier alpha value is -2.45. The van der Waals surface area contributed by atoms with Gasteiger partial charge in [-0.3, -0.25) is 4.79 Å². The highest BCUT2D eigenvalue weighted by Gasteiger charge is 2.28. The fraction of sp³-hybridized carbons (Fsp3) is 0.429. The molecule has 0 radical (unpaired) electrons. The molecule has 0 saturated carbocycles. The summed E-state index contributed by atoms with van der Waals surface area (Å²) in [6.45, 7) is 3.67. The van der Waals surface area contributed by atoms with E-state index >= 15 is 0 Å². The number of piperidine rings is 1. The molecule has 7 nitrogen and oxygen atoms in total. The van der Waals surface area contributed by atoms with Crippen LogP contribution in [0.15, 0.2) is 53.6 Å². The van der Waals surface area contributed by atoms with E-state index in [4.69, 9.17) is 0 Å². The molecule has 1 aromatic carbocycles. The molecule has 2 aliphatic rings. The van der Waals surface area contributed by atoms with Crippen LogP contribution in [0.25, 0.3) is 0 Å². The van der Waals surface area contributed by atoms with Crippen molar-refractivity contribution in [3.63, 3.8) is 0 Å². The molecule has 1 amide bonds. The van der Waals surface area contributed by atoms with Crippen molar-refractivity contribution in [1.82, 2.24) is 14.2 Å². The van der Waals surface area contributed by atoms with Crippen LogP contribution in [0.2, 0.25) is 0 Å². The normalized spacial score (nSPS) is 18.6. The van der Waals surface area contributed by atoms with Crippen molar-refractivity contribution in [2.75, 3.05) is 44.2 Å². The number of carbonyl (C=O) groups is 1. The van der Waals surface area contributed by atoms with Gasteiger partial charge in [0.1, 0.15) is 5.82 Å². The molecular weight excluding hydrogens is 388 g/mol. The summed E-state index contributed by atoms with van der Waals surface area (Å²) >= 11 is 0. The van der Waals surface area contributed by atoms with Crippen LogP contribution in [0.4, 0.5) is 5.82 Å². The van der Waals surface area contributed by atoms with E-state index in [2.05, 4.69) is 9.88 Å². The summed E-state index contributed by atoms with van der Waals surface area (Å²) in [4.78, 5) is 21.5. The number of benzene rings is 1. The maximum atomic E-state index is 13.0. The number of rotatable bonds is 4. The zero-order chi connectivity index (χ0) is 20.3. The Balaban J connectivity index is 1.45. The lowest BCUT2D eigenvalue weighted by Crippen LogP contribution is -2.49. The molecule has 2 fully saturated rings. The van der Waals surface area contributed by atoms with Crippen LogP contribution in [-0.2, 0) is 10.0 Å². The molecular formula is C21H26N4O3S. The van der Waals surface area contributed by atoms with E-state index in [0.29, 0.717) is 44.8 Å². The number of pyridine rings is 1. The van der Waals surface area contributed by atoms with Crippen LogP contribution in [0.1, 0.15) is 29.6 Å². The molecule has 2 saturated heterocycles. The Labute approximate surface area is 172 Å². The summed E-state index contributed by atoms with van der Waals surface area (Å²) in [5, 5.41) is 0. The Morgan fingerprint density at radius 2 is 1.62 bits per heavy atom. The number of aromatic nitrogens is 1. The van der Waals surface area contributed by atoms with Gasteiger partial charge in [-0.05, 0) is 43.2 Å². The number of amides is 1. The Morgan fingerprint density at radius 3 is 2.31 bits per heavy atom. The van der Waals surface area contributed by atoms with E-state index in [9.17, 15) is 13.2 Å². The molecule has 0 spiro atoms. The Bertz CT molecular complexity index is 951. The van der Waals surface area contributed by atoms with Crippen LogP contribution in [0, 0.1) is 0 Å². The second-order valence-electron chi connectivity index (χ2n) is 7.46. The van der Waals surface area contributed by atoms with Gasteiger partial charge in [0.2, 0.25) is 10.0 Å². The first-order valence-corrected chi connectivity index (χ1v) is 11.6. The van der Waals surface area contributed by atoms with Gasteiger partial charge in [-0.1, -0.05) is 18.6 Å². The maximum absolute atomic E-state index is 13.0. The van der Waals surface area contributed by atoms with Crippen LogP contribution in [-0.4, -0.2) is 67.8 Å². The van der Waals surface area contributed by atoms with Gasteiger partial charge in [-0.15, -0.1) is 0 Å². The molecule has 2 aromatic rings. The molecule has 3 heterocycles. The molecule has 8 heteroatoms. The predicted octanol–water partition coefficient (Wildman–Crippen LogP) is 2.22. The molecule has 0 bridgehead atoms. The maximum Gasteiger partial charge on any atom is 0.254 e. The molecule has 29 heavy (non-hydrogen) atoms. The third-order valence-electron chi connectivity index (χ3n) is 5.57. The minimum Gasteiger partial charge on any atom is -0.353 e.